The molecule has 0 aliphatic carbocycles. The Labute approximate surface area is 164 Å². The summed E-state index contributed by atoms with van der Waals surface area (Å²) in [6.07, 6.45) is 3.45. The zero-order valence-electron chi connectivity index (χ0n) is 16.2. The average Bonchev–Trinajstić information content (AvgIpc) is 3.23. The first-order valence-corrected chi connectivity index (χ1v) is 9.59. The molecule has 0 unspecified atom stereocenters. The van der Waals surface area contributed by atoms with E-state index in [-0.39, 0.29) is 17.7 Å². The van der Waals surface area contributed by atoms with Gasteiger partial charge in [0.1, 0.15) is 11.6 Å². The van der Waals surface area contributed by atoms with Crippen molar-refractivity contribution < 1.29 is 14.3 Å². The van der Waals surface area contributed by atoms with Gasteiger partial charge in [-0.15, -0.1) is 0 Å². The predicted octanol–water partition coefficient (Wildman–Crippen LogP) is 2.02. The highest BCUT2D eigenvalue weighted by atomic mass is 16.5. The van der Waals surface area contributed by atoms with E-state index >= 15 is 0 Å². The summed E-state index contributed by atoms with van der Waals surface area (Å²) in [5.74, 6) is 1.65. The number of ether oxygens (including phenoxy) is 1. The summed E-state index contributed by atoms with van der Waals surface area (Å²) in [7, 11) is 1.57. The van der Waals surface area contributed by atoms with Crippen LogP contribution in [0, 0.1) is 0 Å². The Bertz CT molecular complexity index is 914. The van der Waals surface area contributed by atoms with Gasteiger partial charge in [0.15, 0.2) is 0 Å². The number of methoxy groups -OCH3 is 1. The van der Waals surface area contributed by atoms with Crippen LogP contribution in [0.1, 0.15) is 46.7 Å². The molecule has 1 aromatic carbocycles. The van der Waals surface area contributed by atoms with E-state index in [1.807, 2.05) is 28.1 Å². The second-order valence-electron chi connectivity index (χ2n) is 7.33. The molecule has 2 aliphatic rings. The van der Waals surface area contributed by atoms with Crippen LogP contribution in [0.2, 0.25) is 0 Å². The molecule has 2 amide bonds. The Hall–Kier alpha value is -2.96. The van der Waals surface area contributed by atoms with Gasteiger partial charge in [0.05, 0.1) is 18.4 Å². The SMILES string of the molecule is COc1ccccc1C(=O)N1CCc2nc([C@@H]3CCN(C(C)=O)C3)ncc2C1. The highest BCUT2D eigenvalue weighted by Gasteiger charge is 2.29. The summed E-state index contributed by atoms with van der Waals surface area (Å²) in [5.41, 5.74) is 2.57. The molecule has 1 atom stereocenters. The Morgan fingerprint density at radius 3 is 2.75 bits per heavy atom. The van der Waals surface area contributed by atoms with E-state index in [4.69, 9.17) is 9.72 Å². The first kappa shape index (κ1) is 18.4. The number of amides is 2. The number of rotatable bonds is 3. The maximum absolute atomic E-state index is 12.9. The number of carbonyl (C=O) groups excluding carboxylic acids is 2. The topological polar surface area (TPSA) is 75.6 Å². The number of para-hydroxylation sites is 1. The fourth-order valence-corrected chi connectivity index (χ4v) is 3.95. The molecule has 2 aromatic rings. The largest absolute Gasteiger partial charge is 0.496 e. The van der Waals surface area contributed by atoms with Gasteiger partial charge >= 0.3 is 0 Å². The molecule has 0 spiro atoms. The lowest BCUT2D eigenvalue weighted by Crippen LogP contribution is -2.37. The second-order valence-corrected chi connectivity index (χ2v) is 7.33. The summed E-state index contributed by atoms with van der Waals surface area (Å²) < 4.78 is 5.32. The molecule has 28 heavy (non-hydrogen) atoms. The van der Waals surface area contributed by atoms with Crippen LogP contribution in [-0.2, 0) is 17.8 Å². The van der Waals surface area contributed by atoms with E-state index in [9.17, 15) is 9.59 Å². The molecule has 3 heterocycles. The van der Waals surface area contributed by atoms with Crippen LogP contribution in [0.4, 0.5) is 0 Å². The summed E-state index contributed by atoms with van der Waals surface area (Å²) in [5, 5.41) is 0. The predicted molar refractivity (Wildman–Crippen MR) is 103 cm³/mol. The fourth-order valence-electron chi connectivity index (χ4n) is 3.95. The van der Waals surface area contributed by atoms with Gasteiger partial charge in [-0.1, -0.05) is 12.1 Å². The van der Waals surface area contributed by atoms with Gasteiger partial charge in [0.2, 0.25) is 5.91 Å². The molecule has 1 fully saturated rings. The molecule has 0 saturated carbocycles. The molecule has 1 aromatic heterocycles. The summed E-state index contributed by atoms with van der Waals surface area (Å²) in [6.45, 7) is 4.17. The van der Waals surface area contributed by atoms with E-state index in [2.05, 4.69) is 4.98 Å². The average molecular weight is 380 g/mol. The number of benzene rings is 1. The molecule has 7 nitrogen and oxygen atoms in total. The zero-order valence-corrected chi connectivity index (χ0v) is 16.2. The minimum Gasteiger partial charge on any atom is -0.496 e. The van der Waals surface area contributed by atoms with Crippen LogP contribution in [0.5, 0.6) is 5.75 Å². The molecule has 0 radical (unpaired) electrons. The van der Waals surface area contributed by atoms with Crippen molar-refractivity contribution in [2.75, 3.05) is 26.7 Å². The van der Waals surface area contributed by atoms with Crippen LogP contribution in [0.25, 0.3) is 0 Å². The van der Waals surface area contributed by atoms with Crippen molar-refractivity contribution in [3.63, 3.8) is 0 Å². The number of nitrogens with zero attached hydrogens (tertiary/aromatic N) is 4. The van der Waals surface area contributed by atoms with E-state index in [0.29, 0.717) is 37.4 Å². The van der Waals surface area contributed by atoms with Gasteiger partial charge in [0, 0.05) is 57.2 Å². The standard InChI is InChI=1S/C21H24N4O3/c1-14(26)24-9-7-15(12-24)20-22-11-16-13-25(10-8-18(16)23-20)21(27)17-5-3-4-6-19(17)28-2/h3-6,11,15H,7-10,12-13H2,1-2H3/t15-/m1/s1. The molecule has 1 saturated heterocycles. The van der Waals surface area contributed by atoms with Gasteiger partial charge < -0.3 is 14.5 Å². The Kier molecular flexibility index (Phi) is 4.98. The third kappa shape index (κ3) is 3.44. The maximum atomic E-state index is 12.9. The monoisotopic (exact) mass is 380 g/mol. The van der Waals surface area contributed by atoms with Crippen molar-refractivity contribution in [3.05, 3.63) is 53.1 Å². The molecule has 7 heteroatoms. The number of likely N-dealkylation sites (tertiary alicyclic amines) is 1. The van der Waals surface area contributed by atoms with Gasteiger partial charge in [-0.2, -0.15) is 0 Å². The third-order valence-corrected chi connectivity index (χ3v) is 5.58. The van der Waals surface area contributed by atoms with Crippen molar-refractivity contribution in [3.8, 4) is 5.75 Å². The lowest BCUT2D eigenvalue weighted by Gasteiger charge is -2.29. The van der Waals surface area contributed by atoms with E-state index < -0.39 is 0 Å². The smallest absolute Gasteiger partial charge is 0.257 e. The number of fused-ring (bicyclic) bond motifs is 1. The number of hydrogen-bond acceptors (Lipinski definition) is 5. The van der Waals surface area contributed by atoms with Crippen molar-refractivity contribution in [2.45, 2.75) is 32.2 Å². The van der Waals surface area contributed by atoms with Crippen LogP contribution in [0.3, 0.4) is 0 Å². The first-order valence-electron chi connectivity index (χ1n) is 9.59. The molecule has 146 valence electrons. The highest BCUT2D eigenvalue weighted by molar-refractivity contribution is 5.97. The number of aromatic nitrogens is 2. The van der Waals surface area contributed by atoms with Crippen LogP contribution in [-0.4, -0.2) is 58.3 Å². The van der Waals surface area contributed by atoms with E-state index in [1.54, 1.807) is 26.2 Å². The van der Waals surface area contributed by atoms with Crippen LogP contribution < -0.4 is 4.74 Å². The first-order chi connectivity index (χ1) is 13.6. The molecular formula is C21H24N4O3. The quantitative estimate of drug-likeness (QED) is 0.814. The van der Waals surface area contributed by atoms with Crippen molar-refractivity contribution in [2.24, 2.45) is 0 Å². The van der Waals surface area contributed by atoms with Crippen molar-refractivity contribution in [1.29, 1.82) is 0 Å². The highest BCUT2D eigenvalue weighted by Crippen LogP contribution is 2.27. The second kappa shape index (κ2) is 7.58. The van der Waals surface area contributed by atoms with E-state index in [0.717, 1.165) is 30.0 Å². The number of carbonyl (C=O) groups is 2. The Morgan fingerprint density at radius 2 is 2.00 bits per heavy atom. The normalized spacial score (nSPS) is 18.7. The Morgan fingerprint density at radius 1 is 1.18 bits per heavy atom. The van der Waals surface area contributed by atoms with Gasteiger partial charge in [0.25, 0.3) is 5.91 Å². The lowest BCUT2D eigenvalue weighted by molar-refractivity contribution is -0.127. The van der Waals surface area contributed by atoms with Crippen molar-refractivity contribution in [1.82, 2.24) is 19.8 Å². The maximum Gasteiger partial charge on any atom is 0.257 e. The third-order valence-electron chi connectivity index (χ3n) is 5.58. The van der Waals surface area contributed by atoms with Crippen LogP contribution in [0.15, 0.2) is 30.5 Å². The molecule has 4 rings (SSSR count). The van der Waals surface area contributed by atoms with Gasteiger partial charge in [-0.05, 0) is 18.6 Å². The van der Waals surface area contributed by atoms with Crippen molar-refractivity contribution >= 4 is 11.8 Å². The summed E-state index contributed by atoms with van der Waals surface area (Å²) in [4.78, 5) is 37.5. The number of hydrogen-bond donors (Lipinski definition) is 0. The molecule has 2 aliphatic heterocycles. The lowest BCUT2D eigenvalue weighted by atomic mass is 10.0. The van der Waals surface area contributed by atoms with Gasteiger partial charge in [-0.25, -0.2) is 9.97 Å². The minimum atomic E-state index is -0.0416. The van der Waals surface area contributed by atoms with Crippen LogP contribution >= 0.6 is 0 Å². The van der Waals surface area contributed by atoms with E-state index in [1.165, 1.54) is 0 Å². The minimum absolute atomic E-state index is 0.0416. The molecular weight excluding hydrogens is 356 g/mol. The zero-order chi connectivity index (χ0) is 19.7. The summed E-state index contributed by atoms with van der Waals surface area (Å²) in [6, 6.07) is 7.28. The fraction of sp³-hybridized carbons (Fsp3) is 0.429. The summed E-state index contributed by atoms with van der Waals surface area (Å²) >= 11 is 0. The van der Waals surface area contributed by atoms with Gasteiger partial charge in [-0.3, -0.25) is 9.59 Å². The Balaban J connectivity index is 1.49. The molecule has 0 N–H and O–H groups in total. The molecule has 0 bridgehead atoms.